The van der Waals surface area contributed by atoms with E-state index in [2.05, 4.69) is 15.0 Å². The summed E-state index contributed by atoms with van der Waals surface area (Å²) in [5, 5.41) is 10.1. The molecule has 41 heavy (non-hydrogen) atoms. The molecule has 1 fully saturated rings. The summed E-state index contributed by atoms with van der Waals surface area (Å²) < 4.78 is 41.9. The van der Waals surface area contributed by atoms with E-state index in [4.69, 9.17) is 0 Å². The number of hydrogen-bond acceptors (Lipinski definition) is 6. The van der Waals surface area contributed by atoms with Crippen molar-refractivity contribution >= 4 is 17.9 Å². The Morgan fingerprint density at radius 1 is 1.20 bits per heavy atom. The van der Waals surface area contributed by atoms with Crippen molar-refractivity contribution in [1.29, 1.82) is 0 Å². The average molecular weight is 577 g/mol. The second-order valence-corrected chi connectivity index (χ2v) is 11.7. The predicted octanol–water partition coefficient (Wildman–Crippen LogP) is 4.24. The normalized spacial score (nSPS) is 18.6. The number of aromatic nitrogens is 3. The summed E-state index contributed by atoms with van der Waals surface area (Å²) in [7, 11) is 0. The summed E-state index contributed by atoms with van der Waals surface area (Å²) in [5.74, 6) is -0.416. The molecule has 0 radical (unpaired) electrons. The van der Waals surface area contributed by atoms with Gasteiger partial charge in [0.2, 0.25) is 11.8 Å². The zero-order valence-electron chi connectivity index (χ0n) is 23.6. The summed E-state index contributed by atoms with van der Waals surface area (Å²) >= 11 is 0. The number of pyridine rings is 1. The Bertz CT molecular complexity index is 1300. The van der Waals surface area contributed by atoms with Gasteiger partial charge in [-0.15, -0.1) is 0 Å². The van der Waals surface area contributed by atoms with E-state index in [-0.39, 0.29) is 61.4 Å². The second-order valence-electron chi connectivity index (χ2n) is 11.7. The van der Waals surface area contributed by atoms with Gasteiger partial charge in [0, 0.05) is 61.5 Å². The number of halogens is 3. The van der Waals surface area contributed by atoms with E-state index in [1.54, 1.807) is 37.8 Å². The third kappa shape index (κ3) is 6.94. The molecule has 0 unspecified atom stereocenters. The molecule has 2 aliphatic heterocycles. The second kappa shape index (κ2) is 11.6. The summed E-state index contributed by atoms with van der Waals surface area (Å²) in [4.78, 5) is 55.0. The number of likely N-dealkylation sites (tertiary alicyclic amines) is 1. The molecule has 1 N–H and O–H groups in total. The molecular weight excluding hydrogens is 541 g/mol. The van der Waals surface area contributed by atoms with Crippen LogP contribution in [-0.4, -0.2) is 83.9 Å². The first-order valence-corrected chi connectivity index (χ1v) is 13.6. The smallest absolute Gasteiger partial charge is 0.433 e. The molecule has 0 spiro atoms. The maximum Gasteiger partial charge on any atom is 0.433 e. The van der Waals surface area contributed by atoms with Crippen molar-refractivity contribution in [2.24, 2.45) is 5.92 Å². The van der Waals surface area contributed by atoms with E-state index in [0.717, 1.165) is 6.42 Å². The fraction of sp³-hybridized carbons (Fsp3) is 0.571. The lowest BCUT2D eigenvalue weighted by Gasteiger charge is -2.43. The number of carboxylic acid groups (broad SMARTS) is 1. The van der Waals surface area contributed by atoms with Crippen molar-refractivity contribution in [1.82, 2.24) is 29.7 Å². The van der Waals surface area contributed by atoms with Gasteiger partial charge in [0.05, 0.1) is 18.3 Å². The van der Waals surface area contributed by atoms with E-state index < -0.39 is 35.5 Å². The van der Waals surface area contributed by atoms with E-state index >= 15 is 0 Å². The number of alkyl halides is 3. The Labute approximate surface area is 236 Å². The average Bonchev–Trinajstić information content (AvgIpc) is 2.88. The Balaban J connectivity index is 1.63. The third-order valence-electron chi connectivity index (χ3n) is 7.48. The van der Waals surface area contributed by atoms with Crippen molar-refractivity contribution < 1.29 is 32.7 Å². The van der Waals surface area contributed by atoms with Crippen LogP contribution in [-0.2, 0) is 28.7 Å². The standard InChI is InChI=1S/C28H35F3N6O4/c1-17-7-8-22(38)36(14-17)15-19(37(26(40)41)27(2,3)4)12-23(39)35-11-9-20-21(16-35)33-25(18-6-5-10-32-13-18)34-24(20)28(29,30)31/h5-6,10,13,17,19H,7-9,11-12,14-16H2,1-4H3,(H,40,41)/t17-,19+/m1/s1. The van der Waals surface area contributed by atoms with Gasteiger partial charge in [-0.3, -0.25) is 19.5 Å². The van der Waals surface area contributed by atoms with Crippen LogP contribution in [0.25, 0.3) is 11.4 Å². The van der Waals surface area contributed by atoms with Crippen LogP contribution in [0.15, 0.2) is 24.5 Å². The minimum atomic E-state index is -4.71. The number of carbonyl (C=O) groups is 3. The molecule has 2 atom stereocenters. The molecule has 2 aromatic rings. The van der Waals surface area contributed by atoms with E-state index in [9.17, 15) is 32.7 Å². The highest BCUT2D eigenvalue weighted by molar-refractivity contribution is 5.79. The Hall–Kier alpha value is -3.77. The molecule has 3 amide bonds. The van der Waals surface area contributed by atoms with E-state index in [1.807, 2.05) is 6.92 Å². The van der Waals surface area contributed by atoms with Gasteiger partial charge >= 0.3 is 12.3 Å². The quantitative estimate of drug-likeness (QED) is 0.546. The number of hydrogen-bond donors (Lipinski definition) is 1. The van der Waals surface area contributed by atoms with Crippen molar-refractivity contribution in [2.45, 2.75) is 77.7 Å². The third-order valence-corrected chi connectivity index (χ3v) is 7.48. The molecule has 222 valence electrons. The van der Waals surface area contributed by atoms with Gasteiger partial charge in [-0.05, 0) is 51.7 Å². The Kier molecular flexibility index (Phi) is 8.55. The highest BCUT2D eigenvalue weighted by Gasteiger charge is 2.41. The monoisotopic (exact) mass is 576 g/mol. The SMILES string of the molecule is C[C@@H]1CCC(=O)N(C[C@H](CC(=O)N2CCc3c(nc(-c4cccnc4)nc3C(F)(F)F)C2)N(C(=O)O)C(C)(C)C)C1. The highest BCUT2D eigenvalue weighted by Crippen LogP contribution is 2.35. The van der Waals surface area contributed by atoms with Gasteiger partial charge in [-0.1, -0.05) is 6.92 Å². The zero-order chi connectivity index (χ0) is 30.1. The molecule has 2 aromatic heterocycles. The van der Waals surface area contributed by atoms with Crippen molar-refractivity contribution in [2.75, 3.05) is 19.6 Å². The molecule has 0 aliphatic carbocycles. The van der Waals surface area contributed by atoms with Gasteiger partial charge in [-0.25, -0.2) is 14.8 Å². The predicted molar refractivity (Wildman–Crippen MR) is 142 cm³/mol. The van der Waals surface area contributed by atoms with E-state index in [0.29, 0.717) is 18.5 Å². The molecule has 4 rings (SSSR count). The largest absolute Gasteiger partial charge is 0.465 e. The maximum atomic E-state index is 14.0. The van der Waals surface area contributed by atoms with Gasteiger partial charge in [0.15, 0.2) is 11.5 Å². The van der Waals surface area contributed by atoms with Gasteiger partial charge in [0.25, 0.3) is 0 Å². The minimum absolute atomic E-state index is 0.000495. The van der Waals surface area contributed by atoms with Gasteiger partial charge < -0.3 is 14.9 Å². The first-order valence-electron chi connectivity index (χ1n) is 13.6. The van der Waals surface area contributed by atoms with Crippen molar-refractivity contribution in [3.8, 4) is 11.4 Å². The first-order chi connectivity index (χ1) is 19.1. The summed E-state index contributed by atoms with van der Waals surface area (Å²) in [6, 6.07) is 2.28. The van der Waals surface area contributed by atoms with Crippen LogP contribution in [0.1, 0.15) is 63.9 Å². The van der Waals surface area contributed by atoms with Crippen molar-refractivity contribution in [3.63, 3.8) is 0 Å². The number of fused-ring (bicyclic) bond motifs is 1. The molecule has 10 nitrogen and oxygen atoms in total. The lowest BCUT2D eigenvalue weighted by atomic mass is 9.96. The molecule has 0 saturated carbocycles. The van der Waals surface area contributed by atoms with Crippen LogP contribution < -0.4 is 0 Å². The molecule has 0 aromatic carbocycles. The Morgan fingerprint density at radius 3 is 2.54 bits per heavy atom. The van der Waals surface area contributed by atoms with Crippen LogP contribution in [0.5, 0.6) is 0 Å². The summed E-state index contributed by atoms with van der Waals surface area (Å²) in [6.07, 6.45) is -2.31. The fourth-order valence-electron chi connectivity index (χ4n) is 5.59. The number of nitrogens with zero attached hydrogens (tertiary/aromatic N) is 6. The maximum absolute atomic E-state index is 14.0. The molecule has 4 heterocycles. The zero-order valence-corrected chi connectivity index (χ0v) is 23.6. The van der Waals surface area contributed by atoms with Gasteiger partial charge in [-0.2, -0.15) is 13.2 Å². The summed E-state index contributed by atoms with van der Waals surface area (Å²) in [5.41, 5.74) is -1.56. The molecule has 1 saturated heterocycles. The topological polar surface area (TPSA) is 120 Å². The van der Waals surface area contributed by atoms with Crippen LogP contribution >= 0.6 is 0 Å². The lowest BCUT2D eigenvalue weighted by molar-refractivity contribution is -0.142. The Morgan fingerprint density at radius 2 is 1.93 bits per heavy atom. The molecule has 2 aliphatic rings. The van der Waals surface area contributed by atoms with Crippen LogP contribution in [0.4, 0.5) is 18.0 Å². The van der Waals surface area contributed by atoms with Crippen LogP contribution in [0, 0.1) is 5.92 Å². The lowest BCUT2D eigenvalue weighted by Crippen LogP contribution is -2.57. The fourth-order valence-corrected chi connectivity index (χ4v) is 5.59. The minimum Gasteiger partial charge on any atom is -0.465 e. The molecule has 13 heteroatoms. The van der Waals surface area contributed by atoms with Crippen LogP contribution in [0.2, 0.25) is 0 Å². The van der Waals surface area contributed by atoms with Crippen LogP contribution in [0.3, 0.4) is 0 Å². The summed E-state index contributed by atoms with van der Waals surface area (Å²) in [6.45, 7) is 7.49. The van der Waals surface area contributed by atoms with Gasteiger partial charge in [0.1, 0.15) is 0 Å². The number of rotatable bonds is 6. The molecular formula is C28H35F3N6O4. The molecule has 0 bridgehead atoms. The first kappa shape index (κ1) is 30.2. The van der Waals surface area contributed by atoms with E-state index in [1.165, 1.54) is 22.2 Å². The number of carbonyl (C=O) groups excluding carboxylic acids is 2. The number of amides is 3. The number of piperidine rings is 1. The van der Waals surface area contributed by atoms with Crippen molar-refractivity contribution in [3.05, 3.63) is 41.5 Å². The highest BCUT2D eigenvalue weighted by atomic mass is 19.4.